The van der Waals surface area contributed by atoms with E-state index >= 15 is 0 Å². The summed E-state index contributed by atoms with van der Waals surface area (Å²) in [6.07, 6.45) is 0.834. The van der Waals surface area contributed by atoms with Gasteiger partial charge in [0.2, 0.25) is 11.8 Å². The van der Waals surface area contributed by atoms with E-state index in [2.05, 4.69) is 10.6 Å². The van der Waals surface area contributed by atoms with Crippen molar-refractivity contribution in [3.8, 4) is 0 Å². The van der Waals surface area contributed by atoms with Crippen LogP contribution in [0.15, 0.2) is 0 Å². The lowest BCUT2D eigenvalue weighted by molar-refractivity contribution is -0.139. The number of likely N-dealkylation sites (N-methyl/N-ethyl adjacent to an activating group) is 1. The monoisotopic (exact) mass is 259 g/mol. The Morgan fingerprint density at radius 1 is 1.33 bits per heavy atom. The predicted octanol–water partition coefficient (Wildman–Crippen LogP) is -0.966. The quantitative estimate of drug-likeness (QED) is 0.521. The van der Waals surface area contributed by atoms with E-state index in [1.807, 2.05) is 6.92 Å². The molecule has 0 saturated heterocycles. The Bertz CT molecular complexity index is 307. The van der Waals surface area contributed by atoms with E-state index in [4.69, 9.17) is 5.11 Å². The van der Waals surface area contributed by atoms with E-state index in [1.165, 1.54) is 18.9 Å². The van der Waals surface area contributed by atoms with Crippen LogP contribution in [0.25, 0.3) is 0 Å². The molecule has 104 valence electrons. The number of carbonyl (C=O) groups excluding carboxylic acids is 2. The average Bonchev–Trinajstić information content (AvgIpc) is 2.32. The van der Waals surface area contributed by atoms with Crippen LogP contribution >= 0.6 is 0 Å². The van der Waals surface area contributed by atoms with E-state index in [1.54, 1.807) is 0 Å². The Hall–Kier alpha value is -1.63. The van der Waals surface area contributed by atoms with Crippen LogP contribution < -0.4 is 10.6 Å². The Kier molecular flexibility index (Phi) is 7.69. The van der Waals surface area contributed by atoms with Gasteiger partial charge < -0.3 is 15.3 Å². The van der Waals surface area contributed by atoms with Gasteiger partial charge in [-0.25, -0.2) is 0 Å². The second-order valence-electron chi connectivity index (χ2n) is 4.04. The first-order chi connectivity index (χ1) is 8.38. The summed E-state index contributed by atoms with van der Waals surface area (Å²) in [6.45, 7) is 3.83. The Morgan fingerprint density at radius 2 is 1.94 bits per heavy atom. The van der Waals surface area contributed by atoms with Crippen LogP contribution in [-0.2, 0) is 14.4 Å². The summed E-state index contributed by atoms with van der Waals surface area (Å²) in [5, 5.41) is 13.8. The van der Waals surface area contributed by atoms with Crippen molar-refractivity contribution < 1.29 is 19.5 Å². The molecule has 0 aliphatic carbocycles. The van der Waals surface area contributed by atoms with E-state index in [0.717, 1.165) is 6.42 Å². The molecule has 0 aliphatic rings. The zero-order valence-corrected chi connectivity index (χ0v) is 11.0. The van der Waals surface area contributed by atoms with Gasteiger partial charge in [-0.2, -0.15) is 0 Å². The maximum atomic E-state index is 11.6. The van der Waals surface area contributed by atoms with Gasteiger partial charge in [0, 0.05) is 13.6 Å². The number of rotatable bonds is 8. The molecule has 0 saturated carbocycles. The van der Waals surface area contributed by atoms with Gasteiger partial charge >= 0.3 is 5.97 Å². The molecule has 0 bridgehead atoms. The van der Waals surface area contributed by atoms with Gasteiger partial charge in [-0.05, 0) is 13.3 Å². The van der Waals surface area contributed by atoms with Crippen molar-refractivity contribution in [3.63, 3.8) is 0 Å². The molecule has 0 aromatic heterocycles. The predicted molar refractivity (Wildman–Crippen MR) is 66.0 cm³/mol. The van der Waals surface area contributed by atoms with E-state index in [9.17, 15) is 14.4 Å². The van der Waals surface area contributed by atoms with Crippen molar-refractivity contribution in [1.29, 1.82) is 0 Å². The van der Waals surface area contributed by atoms with Crippen LogP contribution in [0.4, 0.5) is 0 Å². The summed E-state index contributed by atoms with van der Waals surface area (Å²) in [6, 6.07) is -0.795. The molecule has 0 aromatic rings. The first kappa shape index (κ1) is 16.4. The standard InChI is InChI=1S/C11H21N3O4/c1-4-5-12-9(15)7-14(3)10(16)6-13-8(2)11(17)18/h8,13H,4-7H2,1-3H3,(H,12,15)(H,17,18). The highest BCUT2D eigenvalue weighted by Crippen LogP contribution is 1.87. The highest BCUT2D eigenvalue weighted by atomic mass is 16.4. The van der Waals surface area contributed by atoms with Crippen molar-refractivity contribution in [1.82, 2.24) is 15.5 Å². The molecule has 3 N–H and O–H groups in total. The molecule has 0 spiro atoms. The summed E-state index contributed by atoms with van der Waals surface area (Å²) in [5.41, 5.74) is 0. The lowest BCUT2D eigenvalue weighted by Crippen LogP contribution is -2.45. The molecule has 0 heterocycles. The van der Waals surface area contributed by atoms with Gasteiger partial charge in [-0.3, -0.25) is 19.7 Å². The molecule has 18 heavy (non-hydrogen) atoms. The topological polar surface area (TPSA) is 98.7 Å². The second kappa shape index (κ2) is 8.46. The number of hydrogen-bond acceptors (Lipinski definition) is 4. The summed E-state index contributed by atoms with van der Waals surface area (Å²) >= 11 is 0. The fourth-order valence-electron chi connectivity index (χ4n) is 1.09. The lowest BCUT2D eigenvalue weighted by atomic mass is 10.3. The number of aliphatic carboxylic acids is 1. The molecule has 0 radical (unpaired) electrons. The highest BCUT2D eigenvalue weighted by Gasteiger charge is 2.15. The molecule has 7 heteroatoms. The van der Waals surface area contributed by atoms with Crippen LogP contribution in [-0.4, -0.2) is 60.5 Å². The van der Waals surface area contributed by atoms with Crippen molar-refractivity contribution in [2.75, 3.05) is 26.7 Å². The third-order valence-electron chi connectivity index (χ3n) is 2.31. The normalized spacial score (nSPS) is 11.7. The SMILES string of the molecule is CCCNC(=O)CN(C)C(=O)CNC(C)C(=O)O. The summed E-state index contributed by atoms with van der Waals surface area (Å²) in [7, 11) is 1.50. The van der Waals surface area contributed by atoms with Crippen molar-refractivity contribution in [3.05, 3.63) is 0 Å². The lowest BCUT2D eigenvalue weighted by Gasteiger charge is -2.18. The Balaban J connectivity index is 3.96. The number of carbonyl (C=O) groups is 3. The van der Waals surface area contributed by atoms with Gasteiger partial charge in [0.25, 0.3) is 0 Å². The van der Waals surface area contributed by atoms with Crippen molar-refractivity contribution in [2.24, 2.45) is 0 Å². The molecule has 2 amide bonds. The summed E-state index contributed by atoms with van der Waals surface area (Å²) in [4.78, 5) is 34.7. The minimum atomic E-state index is -1.02. The van der Waals surface area contributed by atoms with Gasteiger partial charge in [0.05, 0.1) is 13.1 Å². The molecule has 1 unspecified atom stereocenters. The third-order valence-corrected chi connectivity index (χ3v) is 2.31. The number of hydrogen-bond donors (Lipinski definition) is 3. The van der Waals surface area contributed by atoms with Gasteiger partial charge in [0.1, 0.15) is 6.04 Å². The van der Waals surface area contributed by atoms with Gasteiger partial charge in [0.15, 0.2) is 0 Å². The molecule has 7 nitrogen and oxygen atoms in total. The molecular weight excluding hydrogens is 238 g/mol. The molecule has 0 rings (SSSR count). The van der Waals surface area contributed by atoms with E-state index in [0.29, 0.717) is 6.54 Å². The Morgan fingerprint density at radius 3 is 2.44 bits per heavy atom. The zero-order valence-electron chi connectivity index (χ0n) is 11.0. The van der Waals surface area contributed by atoms with Crippen LogP contribution in [0.1, 0.15) is 20.3 Å². The number of carboxylic acid groups (broad SMARTS) is 1. The van der Waals surface area contributed by atoms with Gasteiger partial charge in [-0.15, -0.1) is 0 Å². The molecular formula is C11H21N3O4. The smallest absolute Gasteiger partial charge is 0.320 e. The fraction of sp³-hybridized carbons (Fsp3) is 0.727. The molecule has 1 atom stereocenters. The Labute approximate surface area is 107 Å². The fourth-order valence-corrected chi connectivity index (χ4v) is 1.09. The third kappa shape index (κ3) is 6.85. The minimum absolute atomic E-state index is 0.0258. The van der Waals surface area contributed by atoms with E-state index in [-0.39, 0.29) is 24.9 Å². The maximum absolute atomic E-state index is 11.6. The van der Waals surface area contributed by atoms with Crippen molar-refractivity contribution in [2.45, 2.75) is 26.3 Å². The number of amides is 2. The highest BCUT2D eigenvalue weighted by molar-refractivity contribution is 5.85. The van der Waals surface area contributed by atoms with Crippen molar-refractivity contribution >= 4 is 17.8 Å². The first-order valence-corrected chi connectivity index (χ1v) is 5.85. The van der Waals surface area contributed by atoms with Crippen LogP contribution in [0, 0.1) is 0 Å². The molecule has 0 aliphatic heterocycles. The zero-order chi connectivity index (χ0) is 14.1. The van der Waals surface area contributed by atoms with Crippen LogP contribution in [0.2, 0.25) is 0 Å². The van der Waals surface area contributed by atoms with Gasteiger partial charge in [-0.1, -0.05) is 6.92 Å². The minimum Gasteiger partial charge on any atom is -0.480 e. The molecule has 0 aromatic carbocycles. The van der Waals surface area contributed by atoms with E-state index < -0.39 is 12.0 Å². The number of nitrogens with zero attached hydrogens (tertiary/aromatic N) is 1. The summed E-state index contributed by atoms with van der Waals surface area (Å²) < 4.78 is 0. The summed E-state index contributed by atoms with van der Waals surface area (Å²) in [5.74, 6) is -1.57. The number of carboxylic acids is 1. The first-order valence-electron chi connectivity index (χ1n) is 5.85. The largest absolute Gasteiger partial charge is 0.480 e. The van der Waals surface area contributed by atoms with Crippen LogP contribution in [0.5, 0.6) is 0 Å². The van der Waals surface area contributed by atoms with Crippen LogP contribution in [0.3, 0.4) is 0 Å². The number of nitrogens with one attached hydrogen (secondary N) is 2. The average molecular weight is 259 g/mol. The molecule has 0 fully saturated rings. The second-order valence-corrected chi connectivity index (χ2v) is 4.04. The maximum Gasteiger partial charge on any atom is 0.320 e.